The van der Waals surface area contributed by atoms with Gasteiger partial charge in [-0.15, -0.1) is 11.3 Å². The van der Waals surface area contributed by atoms with Gasteiger partial charge in [0.25, 0.3) is 0 Å². The standard InChI is InChI=1S/C24H29N3O2S/c1-5-6-7-12-29-22-11-9-19(14-23(22)28-4)15-25-27-24-26-21(16-30-24)20-10-8-17(2)13-18(20)3/h8-11,13-16H,5-7,12H2,1-4H3,(H,26,27)/b25-15-. The Morgan fingerprint density at radius 2 is 1.97 bits per heavy atom. The molecule has 0 atom stereocenters. The molecule has 0 fully saturated rings. The first-order valence-electron chi connectivity index (χ1n) is 10.2. The van der Waals surface area contributed by atoms with Gasteiger partial charge in [0.1, 0.15) is 0 Å². The molecule has 0 bridgehead atoms. The molecule has 1 aromatic heterocycles. The van der Waals surface area contributed by atoms with Gasteiger partial charge in [0.15, 0.2) is 11.5 Å². The number of unbranched alkanes of at least 4 members (excludes halogenated alkanes) is 2. The van der Waals surface area contributed by atoms with E-state index in [0.29, 0.717) is 12.4 Å². The van der Waals surface area contributed by atoms with E-state index < -0.39 is 0 Å². The van der Waals surface area contributed by atoms with Crippen molar-refractivity contribution < 1.29 is 9.47 Å². The quantitative estimate of drug-likeness (QED) is 0.231. The minimum absolute atomic E-state index is 0.700. The molecular weight excluding hydrogens is 394 g/mol. The molecule has 0 saturated carbocycles. The number of hydrazone groups is 1. The van der Waals surface area contributed by atoms with Gasteiger partial charge in [0.2, 0.25) is 5.13 Å². The largest absolute Gasteiger partial charge is 0.493 e. The highest BCUT2D eigenvalue weighted by Crippen LogP contribution is 2.29. The van der Waals surface area contributed by atoms with Crippen LogP contribution >= 0.6 is 11.3 Å². The number of benzene rings is 2. The second kappa shape index (κ2) is 10.8. The number of anilines is 1. The lowest BCUT2D eigenvalue weighted by Crippen LogP contribution is -2.00. The summed E-state index contributed by atoms with van der Waals surface area (Å²) in [5, 5.41) is 7.12. The van der Waals surface area contributed by atoms with E-state index in [-0.39, 0.29) is 0 Å². The highest BCUT2D eigenvalue weighted by molar-refractivity contribution is 7.14. The number of nitrogens with zero attached hydrogens (tertiary/aromatic N) is 2. The van der Waals surface area contributed by atoms with Crippen molar-refractivity contribution in [2.75, 3.05) is 19.1 Å². The summed E-state index contributed by atoms with van der Waals surface area (Å²) < 4.78 is 11.3. The molecule has 5 nitrogen and oxygen atoms in total. The number of thiazole rings is 1. The summed E-state index contributed by atoms with van der Waals surface area (Å²) in [6.45, 7) is 7.09. The number of hydrogen-bond acceptors (Lipinski definition) is 6. The third-order valence-electron chi connectivity index (χ3n) is 4.73. The molecule has 3 aromatic rings. The molecule has 0 aliphatic carbocycles. The average Bonchev–Trinajstić information content (AvgIpc) is 3.20. The molecule has 158 valence electrons. The van der Waals surface area contributed by atoms with Crippen molar-refractivity contribution in [2.24, 2.45) is 5.10 Å². The van der Waals surface area contributed by atoms with Gasteiger partial charge in [0.05, 0.1) is 25.6 Å². The second-order valence-corrected chi connectivity index (χ2v) is 8.05. The van der Waals surface area contributed by atoms with E-state index in [0.717, 1.165) is 34.1 Å². The van der Waals surface area contributed by atoms with Crippen LogP contribution in [-0.4, -0.2) is 24.9 Å². The molecule has 0 amide bonds. The van der Waals surface area contributed by atoms with Gasteiger partial charge in [-0.2, -0.15) is 5.10 Å². The zero-order valence-corrected chi connectivity index (χ0v) is 18.9. The Balaban J connectivity index is 1.62. The van der Waals surface area contributed by atoms with Crippen molar-refractivity contribution in [3.8, 4) is 22.8 Å². The molecule has 0 aliphatic rings. The molecule has 2 aromatic carbocycles. The lowest BCUT2D eigenvalue weighted by atomic mass is 10.0. The number of nitrogens with one attached hydrogen (secondary N) is 1. The zero-order chi connectivity index (χ0) is 21.3. The third-order valence-corrected chi connectivity index (χ3v) is 5.48. The molecule has 0 saturated heterocycles. The van der Waals surface area contributed by atoms with E-state index in [9.17, 15) is 0 Å². The molecule has 0 spiro atoms. The summed E-state index contributed by atoms with van der Waals surface area (Å²) in [7, 11) is 1.65. The first kappa shape index (κ1) is 21.8. The van der Waals surface area contributed by atoms with Gasteiger partial charge in [-0.1, -0.05) is 43.5 Å². The predicted molar refractivity (Wildman–Crippen MR) is 126 cm³/mol. The second-order valence-electron chi connectivity index (χ2n) is 7.19. The normalized spacial score (nSPS) is 11.1. The van der Waals surface area contributed by atoms with E-state index in [1.165, 1.54) is 35.3 Å². The van der Waals surface area contributed by atoms with Gasteiger partial charge < -0.3 is 9.47 Å². The van der Waals surface area contributed by atoms with Gasteiger partial charge in [-0.25, -0.2) is 4.98 Å². The Bertz CT molecular complexity index is 998. The fraction of sp³-hybridized carbons (Fsp3) is 0.333. The first-order chi connectivity index (χ1) is 14.6. The number of aryl methyl sites for hydroxylation is 2. The van der Waals surface area contributed by atoms with Crippen molar-refractivity contribution in [1.82, 2.24) is 4.98 Å². The molecule has 30 heavy (non-hydrogen) atoms. The maximum atomic E-state index is 5.83. The van der Waals surface area contributed by atoms with Gasteiger partial charge in [-0.05, 0) is 49.6 Å². The van der Waals surface area contributed by atoms with Crippen molar-refractivity contribution in [1.29, 1.82) is 0 Å². The molecule has 6 heteroatoms. The Morgan fingerprint density at radius 3 is 2.73 bits per heavy atom. The molecule has 0 radical (unpaired) electrons. The third kappa shape index (κ3) is 5.83. The summed E-state index contributed by atoms with van der Waals surface area (Å²) in [5.74, 6) is 1.47. The fourth-order valence-corrected chi connectivity index (χ4v) is 3.79. The Hall–Kier alpha value is -2.86. The lowest BCUT2D eigenvalue weighted by Gasteiger charge is -2.11. The van der Waals surface area contributed by atoms with E-state index >= 15 is 0 Å². The highest BCUT2D eigenvalue weighted by atomic mass is 32.1. The maximum absolute atomic E-state index is 5.83. The van der Waals surface area contributed by atoms with Crippen LogP contribution in [0.25, 0.3) is 11.3 Å². The smallest absolute Gasteiger partial charge is 0.203 e. The molecule has 0 unspecified atom stereocenters. The molecule has 3 rings (SSSR count). The van der Waals surface area contributed by atoms with Crippen molar-refractivity contribution in [3.63, 3.8) is 0 Å². The predicted octanol–water partition coefficient (Wildman–Crippen LogP) is 6.45. The minimum Gasteiger partial charge on any atom is -0.493 e. The summed E-state index contributed by atoms with van der Waals surface area (Å²) in [6, 6.07) is 12.2. The molecule has 0 aliphatic heterocycles. The number of rotatable bonds is 10. The monoisotopic (exact) mass is 423 g/mol. The molecule has 1 N–H and O–H groups in total. The van der Waals surface area contributed by atoms with Crippen LogP contribution in [-0.2, 0) is 0 Å². The van der Waals surface area contributed by atoms with Crippen LogP contribution < -0.4 is 14.9 Å². The topological polar surface area (TPSA) is 55.7 Å². The van der Waals surface area contributed by atoms with Gasteiger partial charge in [0, 0.05) is 10.9 Å². The molecule has 1 heterocycles. The van der Waals surface area contributed by atoms with Gasteiger partial charge >= 0.3 is 0 Å². The maximum Gasteiger partial charge on any atom is 0.203 e. The van der Waals surface area contributed by atoms with Crippen molar-refractivity contribution >= 4 is 22.7 Å². The van der Waals surface area contributed by atoms with Crippen LogP contribution in [0.1, 0.15) is 42.9 Å². The summed E-state index contributed by atoms with van der Waals surface area (Å²) >= 11 is 1.53. The van der Waals surface area contributed by atoms with Crippen molar-refractivity contribution in [2.45, 2.75) is 40.0 Å². The average molecular weight is 424 g/mol. The van der Waals surface area contributed by atoms with Crippen LogP contribution in [0.4, 0.5) is 5.13 Å². The van der Waals surface area contributed by atoms with E-state index in [1.54, 1.807) is 13.3 Å². The zero-order valence-electron chi connectivity index (χ0n) is 18.1. The fourth-order valence-electron chi connectivity index (χ4n) is 3.13. The molecular formula is C24H29N3O2S. The summed E-state index contributed by atoms with van der Waals surface area (Å²) in [5.41, 5.74) is 8.52. The summed E-state index contributed by atoms with van der Waals surface area (Å²) in [4.78, 5) is 4.65. The Kier molecular flexibility index (Phi) is 7.85. The van der Waals surface area contributed by atoms with Crippen molar-refractivity contribution in [3.05, 3.63) is 58.5 Å². The minimum atomic E-state index is 0.700. The van der Waals surface area contributed by atoms with E-state index in [1.807, 2.05) is 23.6 Å². The summed E-state index contributed by atoms with van der Waals surface area (Å²) in [6.07, 6.45) is 5.14. The van der Waals surface area contributed by atoms with E-state index in [2.05, 4.69) is 54.5 Å². The van der Waals surface area contributed by atoms with E-state index in [4.69, 9.17) is 9.47 Å². The number of methoxy groups -OCH3 is 1. The number of aromatic nitrogens is 1. The van der Waals surface area contributed by atoms with Crippen LogP contribution in [0.15, 0.2) is 46.9 Å². The van der Waals surface area contributed by atoms with Crippen LogP contribution in [0.3, 0.4) is 0 Å². The lowest BCUT2D eigenvalue weighted by molar-refractivity contribution is 0.286. The Morgan fingerprint density at radius 1 is 1.10 bits per heavy atom. The number of ether oxygens (including phenoxy) is 2. The van der Waals surface area contributed by atoms with Crippen LogP contribution in [0.5, 0.6) is 11.5 Å². The SMILES string of the molecule is CCCCCOc1ccc(/C=N\Nc2nc(-c3ccc(C)cc3C)cs2)cc1OC. The van der Waals surface area contributed by atoms with Crippen LogP contribution in [0.2, 0.25) is 0 Å². The first-order valence-corrected chi connectivity index (χ1v) is 11.1. The van der Waals surface area contributed by atoms with Crippen LogP contribution in [0, 0.1) is 13.8 Å². The Labute approximate surface area is 182 Å². The van der Waals surface area contributed by atoms with Gasteiger partial charge in [-0.3, -0.25) is 5.43 Å². The highest BCUT2D eigenvalue weighted by Gasteiger charge is 2.07. The number of hydrogen-bond donors (Lipinski definition) is 1.